The minimum absolute atomic E-state index is 0. The SMILES string of the molecule is CC1CCCN(c2ccc(C(F)(F)F)cn2)C1.Cl. The van der Waals surface area contributed by atoms with Gasteiger partial charge in [0.15, 0.2) is 0 Å². The fraction of sp³-hybridized carbons (Fsp3) is 0.583. The molecule has 2 rings (SSSR count). The topological polar surface area (TPSA) is 16.1 Å². The number of alkyl halides is 3. The fourth-order valence-corrected chi connectivity index (χ4v) is 2.14. The summed E-state index contributed by atoms with van der Waals surface area (Å²) in [6.45, 7) is 3.90. The second-order valence-electron chi connectivity index (χ2n) is 4.60. The average molecular weight is 281 g/mol. The maximum Gasteiger partial charge on any atom is 0.417 e. The number of hydrogen-bond acceptors (Lipinski definition) is 2. The molecule has 0 radical (unpaired) electrons. The van der Waals surface area contributed by atoms with Crippen LogP contribution in [0.1, 0.15) is 25.3 Å². The minimum atomic E-state index is -4.30. The molecule has 1 unspecified atom stereocenters. The van der Waals surface area contributed by atoms with E-state index in [0.29, 0.717) is 11.7 Å². The van der Waals surface area contributed by atoms with Gasteiger partial charge >= 0.3 is 6.18 Å². The van der Waals surface area contributed by atoms with Gasteiger partial charge in [-0.05, 0) is 30.9 Å². The van der Waals surface area contributed by atoms with Crippen molar-refractivity contribution in [2.75, 3.05) is 18.0 Å². The van der Waals surface area contributed by atoms with E-state index in [9.17, 15) is 13.2 Å². The second-order valence-corrected chi connectivity index (χ2v) is 4.60. The van der Waals surface area contributed by atoms with Crippen molar-refractivity contribution in [3.8, 4) is 0 Å². The zero-order valence-electron chi connectivity index (χ0n) is 10.1. The molecule has 102 valence electrons. The molecule has 0 bridgehead atoms. The Balaban J connectivity index is 0.00000162. The van der Waals surface area contributed by atoms with Crippen molar-refractivity contribution >= 4 is 18.2 Å². The lowest BCUT2D eigenvalue weighted by Gasteiger charge is -2.31. The molecule has 18 heavy (non-hydrogen) atoms. The van der Waals surface area contributed by atoms with Crippen LogP contribution in [0.3, 0.4) is 0 Å². The van der Waals surface area contributed by atoms with Crippen LogP contribution in [-0.2, 0) is 6.18 Å². The number of rotatable bonds is 1. The highest BCUT2D eigenvalue weighted by molar-refractivity contribution is 5.85. The molecule has 0 saturated carbocycles. The fourth-order valence-electron chi connectivity index (χ4n) is 2.14. The van der Waals surface area contributed by atoms with Gasteiger partial charge in [0.05, 0.1) is 5.56 Å². The smallest absolute Gasteiger partial charge is 0.356 e. The lowest BCUT2D eigenvalue weighted by Crippen LogP contribution is -2.34. The summed E-state index contributed by atoms with van der Waals surface area (Å²) in [6.07, 6.45) is -1.14. The largest absolute Gasteiger partial charge is 0.417 e. The summed E-state index contributed by atoms with van der Waals surface area (Å²) >= 11 is 0. The Hall–Kier alpha value is -0.970. The number of nitrogens with zero attached hydrogens (tertiary/aromatic N) is 2. The number of hydrogen-bond donors (Lipinski definition) is 0. The van der Waals surface area contributed by atoms with E-state index in [1.165, 1.54) is 12.5 Å². The van der Waals surface area contributed by atoms with Crippen molar-refractivity contribution in [1.82, 2.24) is 4.98 Å². The molecule has 1 atom stereocenters. The standard InChI is InChI=1S/C12H15F3N2.ClH/c1-9-3-2-6-17(8-9)11-5-4-10(7-16-11)12(13,14)15;/h4-5,7,9H,2-3,6,8H2,1H3;1H. The van der Waals surface area contributed by atoms with E-state index in [4.69, 9.17) is 0 Å². The van der Waals surface area contributed by atoms with Crippen LogP contribution in [0.5, 0.6) is 0 Å². The van der Waals surface area contributed by atoms with Crippen LogP contribution in [-0.4, -0.2) is 18.1 Å². The highest BCUT2D eigenvalue weighted by atomic mass is 35.5. The van der Waals surface area contributed by atoms with Crippen molar-refractivity contribution in [1.29, 1.82) is 0 Å². The third kappa shape index (κ3) is 3.51. The molecule has 1 fully saturated rings. The molecule has 1 aromatic heterocycles. The van der Waals surface area contributed by atoms with Crippen LogP contribution in [0.25, 0.3) is 0 Å². The molecule has 0 spiro atoms. The lowest BCUT2D eigenvalue weighted by molar-refractivity contribution is -0.137. The monoisotopic (exact) mass is 280 g/mol. The van der Waals surface area contributed by atoms with Crippen LogP contribution >= 0.6 is 12.4 Å². The first-order chi connectivity index (χ1) is 7.97. The van der Waals surface area contributed by atoms with Crippen LogP contribution < -0.4 is 4.90 Å². The molecule has 1 saturated heterocycles. The van der Waals surface area contributed by atoms with E-state index < -0.39 is 11.7 Å². The van der Waals surface area contributed by atoms with Gasteiger partial charge < -0.3 is 4.90 Å². The summed E-state index contributed by atoms with van der Waals surface area (Å²) in [5, 5.41) is 0. The van der Waals surface area contributed by atoms with Gasteiger partial charge in [0.25, 0.3) is 0 Å². The Morgan fingerprint density at radius 3 is 2.56 bits per heavy atom. The van der Waals surface area contributed by atoms with Crippen LogP contribution in [0.15, 0.2) is 18.3 Å². The van der Waals surface area contributed by atoms with E-state index in [0.717, 1.165) is 31.8 Å². The number of halogens is 4. The van der Waals surface area contributed by atoms with Gasteiger partial charge in [0.1, 0.15) is 5.82 Å². The maximum atomic E-state index is 12.4. The van der Waals surface area contributed by atoms with Gasteiger partial charge in [-0.15, -0.1) is 12.4 Å². The summed E-state index contributed by atoms with van der Waals surface area (Å²) < 4.78 is 37.1. The Kier molecular flexibility index (Phi) is 4.85. The number of anilines is 1. The first-order valence-electron chi connectivity index (χ1n) is 5.75. The summed E-state index contributed by atoms with van der Waals surface area (Å²) in [5.74, 6) is 1.22. The van der Waals surface area contributed by atoms with Gasteiger partial charge in [-0.1, -0.05) is 6.92 Å². The molecular weight excluding hydrogens is 265 g/mol. The van der Waals surface area contributed by atoms with E-state index in [1.54, 1.807) is 0 Å². The van der Waals surface area contributed by atoms with Gasteiger partial charge in [0.2, 0.25) is 0 Å². The maximum absolute atomic E-state index is 12.4. The summed E-state index contributed by atoms with van der Waals surface area (Å²) in [5.41, 5.74) is -0.689. The second kappa shape index (κ2) is 5.78. The van der Waals surface area contributed by atoms with E-state index >= 15 is 0 Å². The van der Waals surface area contributed by atoms with Crippen molar-refractivity contribution in [2.24, 2.45) is 5.92 Å². The zero-order chi connectivity index (χ0) is 12.5. The molecule has 0 N–H and O–H groups in total. The lowest BCUT2D eigenvalue weighted by atomic mass is 10.0. The predicted molar refractivity (Wildman–Crippen MR) is 67.1 cm³/mol. The van der Waals surface area contributed by atoms with E-state index in [2.05, 4.69) is 11.9 Å². The van der Waals surface area contributed by atoms with Gasteiger partial charge in [-0.25, -0.2) is 4.98 Å². The molecular formula is C12H16ClF3N2. The van der Waals surface area contributed by atoms with Crippen molar-refractivity contribution in [3.63, 3.8) is 0 Å². The minimum Gasteiger partial charge on any atom is -0.356 e. The Labute approximate surface area is 111 Å². The van der Waals surface area contributed by atoms with Gasteiger partial charge in [-0.3, -0.25) is 0 Å². The molecule has 0 aliphatic carbocycles. The van der Waals surface area contributed by atoms with Crippen LogP contribution in [0, 0.1) is 5.92 Å². The normalized spacial score (nSPS) is 20.4. The first-order valence-corrected chi connectivity index (χ1v) is 5.75. The number of pyridine rings is 1. The summed E-state index contributed by atoms with van der Waals surface area (Å²) in [6, 6.07) is 2.56. The summed E-state index contributed by atoms with van der Waals surface area (Å²) in [4.78, 5) is 5.96. The van der Waals surface area contributed by atoms with Gasteiger partial charge in [-0.2, -0.15) is 13.2 Å². The Morgan fingerprint density at radius 2 is 2.06 bits per heavy atom. The molecule has 6 heteroatoms. The summed E-state index contributed by atoms with van der Waals surface area (Å²) in [7, 11) is 0. The average Bonchev–Trinajstić information content (AvgIpc) is 2.28. The zero-order valence-corrected chi connectivity index (χ0v) is 10.9. The molecule has 0 aromatic carbocycles. The molecule has 2 nitrogen and oxygen atoms in total. The van der Waals surface area contributed by atoms with Crippen molar-refractivity contribution in [3.05, 3.63) is 23.9 Å². The van der Waals surface area contributed by atoms with E-state index in [-0.39, 0.29) is 12.4 Å². The van der Waals surface area contributed by atoms with Crippen LogP contribution in [0.4, 0.5) is 19.0 Å². The molecule has 1 aliphatic rings. The Bertz CT molecular complexity index is 378. The first kappa shape index (κ1) is 15.1. The van der Waals surface area contributed by atoms with Crippen molar-refractivity contribution < 1.29 is 13.2 Å². The third-order valence-electron chi connectivity index (χ3n) is 3.06. The Morgan fingerprint density at radius 1 is 1.33 bits per heavy atom. The van der Waals surface area contributed by atoms with Crippen molar-refractivity contribution in [2.45, 2.75) is 25.9 Å². The highest BCUT2D eigenvalue weighted by Gasteiger charge is 2.31. The van der Waals surface area contributed by atoms with Gasteiger partial charge in [0, 0.05) is 19.3 Å². The van der Waals surface area contributed by atoms with Crippen LogP contribution in [0.2, 0.25) is 0 Å². The number of aromatic nitrogens is 1. The molecule has 0 amide bonds. The predicted octanol–water partition coefficient (Wildman–Crippen LogP) is 3.76. The third-order valence-corrected chi connectivity index (χ3v) is 3.06. The quantitative estimate of drug-likeness (QED) is 0.779. The number of piperidine rings is 1. The molecule has 2 heterocycles. The molecule has 1 aromatic rings. The molecule has 1 aliphatic heterocycles. The highest BCUT2D eigenvalue weighted by Crippen LogP contribution is 2.30. The van der Waals surface area contributed by atoms with E-state index in [1.807, 2.05) is 4.90 Å².